The van der Waals surface area contributed by atoms with Gasteiger partial charge in [0.1, 0.15) is 17.6 Å². The maximum Gasteiger partial charge on any atom is 0.433 e. The molecule has 0 saturated carbocycles. The normalized spacial score (nSPS) is 14.0. The van der Waals surface area contributed by atoms with E-state index in [1.165, 1.54) is 6.26 Å². The van der Waals surface area contributed by atoms with Gasteiger partial charge >= 0.3 is 12.2 Å². The zero-order valence-corrected chi connectivity index (χ0v) is 12.7. The number of amides is 2. The fourth-order valence-corrected chi connectivity index (χ4v) is 2.02. The SMILES string of the molecule is CC(CC(O)c1ccco1)NC(=O)Nc1ccc(C(F)(F)F)nc1. The van der Waals surface area contributed by atoms with Gasteiger partial charge in [0.15, 0.2) is 0 Å². The molecule has 2 rings (SSSR count). The zero-order chi connectivity index (χ0) is 17.7. The van der Waals surface area contributed by atoms with Crippen molar-refractivity contribution >= 4 is 11.7 Å². The Morgan fingerprint density at radius 2 is 2.12 bits per heavy atom. The molecule has 6 nitrogen and oxygen atoms in total. The molecule has 2 heterocycles. The molecule has 0 aliphatic heterocycles. The molecule has 2 atom stereocenters. The van der Waals surface area contributed by atoms with E-state index in [-0.39, 0.29) is 12.1 Å². The summed E-state index contributed by atoms with van der Waals surface area (Å²) in [7, 11) is 0. The monoisotopic (exact) mass is 343 g/mol. The highest BCUT2D eigenvalue weighted by Crippen LogP contribution is 2.27. The number of aliphatic hydroxyl groups excluding tert-OH is 1. The molecule has 2 aromatic heterocycles. The van der Waals surface area contributed by atoms with Gasteiger partial charge in [0.2, 0.25) is 0 Å². The van der Waals surface area contributed by atoms with Crippen LogP contribution in [-0.4, -0.2) is 22.2 Å². The lowest BCUT2D eigenvalue weighted by molar-refractivity contribution is -0.141. The van der Waals surface area contributed by atoms with E-state index in [1.54, 1.807) is 19.1 Å². The van der Waals surface area contributed by atoms with Crippen molar-refractivity contribution in [3.8, 4) is 0 Å². The van der Waals surface area contributed by atoms with Crippen LogP contribution in [0, 0.1) is 0 Å². The molecule has 0 fully saturated rings. The van der Waals surface area contributed by atoms with Crippen molar-refractivity contribution < 1.29 is 27.5 Å². The first-order valence-corrected chi connectivity index (χ1v) is 7.08. The lowest BCUT2D eigenvalue weighted by atomic mass is 10.1. The highest BCUT2D eigenvalue weighted by molar-refractivity contribution is 5.89. The number of pyridine rings is 1. The molecule has 2 unspecified atom stereocenters. The Hall–Kier alpha value is -2.55. The average Bonchev–Trinajstić information content (AvgIpc) is 3.00. The fourth-order valence-electron chi connectivity index (χ4n) is 2.02. The van der Waals surface area contributed by atoms with Gasteiger partial charge in [-0.1, -0.05) is 0 Å². The van der Waals surface area contributed by atoms with Crippen molar-refractivity contribution in [2.45, 2.75) is 31.7 Å². The summed E-state index contributed by atoms with van der Waals surface area (Å²) in [5.41, 5.74) is -0.914. The lowest BCUT2D eigenvalue weighted by Crippen LogP contribution is -2.37. The number of anilines is 1. The van der Waals surface area contributed by atoms with Gasteiger partial charge in [-0.2, -0.15) is 13.2 Å². The third-order valence-corrected chi connectivity index (χ3v) is 3.14. The summed E-state index contributed by atoms with van der Waals surface area (Å²) in [6, 6.07) is 4.13. The summed E-state index contributed by atoms with van der Waals surface area (Å²) in [5, 5.41) is 14.8. The second-order valence-corrected chi connectivity index (χ2v) is 5.20. The second kappa shape index (κ2) is 7.35. The van der Waals surface area contributed by atoms with E-state index >= 15 is 0 Å². The first-order valence-electron chi connectivity index (χ1n) is 7.08. The minimum atomic E-state index is -4.53. The van der Waals surface area contributed by atoms with Gasteiger partial charge in [0.05, 0.1) is 18.1 Å². The van der Waals surface area contributed by atoms with Crippen molar-refractivity contribution in [3.05, 3.63) is 48.2 Å². The predicted octanol–water partition coefficient (Wildman–Crippen LogP) is 3.33. The molecule has 24 heavy (non-hydrogen) atoms. The Balaban J connectivity index is 1.84. The van der Waals surface area contributed by atoms with Gasteiger partial charge in [-0.25, -0.2) is 9.78 Å². The predicted molar refractivity (Wildman–Crippen MR) is 79.1 cm³/mol. The summed E-state index contributed by atoms with van der Waals surface area (Å²) in [4.78, 5) is 15.0. The number of nitrogens with one attached hydrogen (secondary N) is 2. The number of furan rings is 1. The van der Waals surface area contributed by atoms with E-state index < -0.39 is 30.0 Å². The van der Waals surface area contributed by atoms with Crippen LogP contribution in [-0.2, 0) is 6.18 Å². The van der Waals surface area contributed by atoms with Gasteiger partial charge < -0.3 is 20.2 Å². The van der Waals surface area contributed by atoms with E-state index in [0.717, 1.165) is 18.3 Å². The molecule has 0 aromatic carbocycles. The number of carbonyl (C=O) groups excluding carboxylic acids is 1. The average molecular weight is 343 g/mol. The molecule has 130 valence electrons. The van der Waals surface area contributed by atoms with Crippen molar-refractivity contribution in [1.82, 2.24) is 10.3 Å². The molecule has 0 aliphatic rings. The first kappa shape index (κ1) is 17.8. The lowest BCUT2D eigenvalue weighted by Gasteiger charge is -2.17. The largest absolute Gasteiger partial charge is 0.467 e. The van der Waals surface area contributed by atoms with Gasteiger partial charge in [0, 0.05) is 12.5 Å². The standard InChI is InChI=1S/C15H16F3N3O3/c1-9(7-11(22)12-3-2-6-24-12)20-14(23)21-10-4-5-13(19-8-10)15(16,17)18/h2-6,8-9,11,22H,7H2,1H3,(H2,20,21,23). The van der Waals surface area contributed by atoms with Crippen LogP contribution in [0.2, 0.25) is 0 Å². The number of halogens is 3. The van der Waals surface area contributed by atoms with Crippen LogP contribution in [0.1, 0.15) is 30.9 Å². The molecule has 2 aromatic rings. The highest BCUT2D eigenvalue weighted by atomic mass is 19.4. The van der Waals surface area contributed by atoms with E-state index in [9.17, 15) is 23.1 Å². The van der Waals surface area contributed by atoms with Crippen LogP contribution >= 0.6 is 0 Å². The number of carbonyl (C=O) groups is 1. The summed E-state index contributed by atoms with van der Waals surface area (Å²) in [6.45, 7) is 1.68. The number of hydrogen-bond acceptors (Lipinski definition) is 4. The zero-order valence-electron chi connectivity index (χ0n) is 12.7. The van der Waals surface area contributed by atoms with E-state index in [4.69, 9.17) is 4.42 Å². The Morgan fingerprint density at radius 1 is 1.38 bits per heavy atom. The third-order valence-electron chi connectivity index (χ3n) is 3.14. The number of urea groups is 1. The fraction of sp³-hybridized carbons (Fsp3) is 0.333. The van der Waals surface area contributed by atoms with Gasteiger partial charge in [-0.05, 0) is 31.2 Å². The van der Waals surface area contributed by atoms with E-state index in [1.807, 2.05) is 0 Å². The van der Waals surface area contributed by atoms with Crippen LogP contribution in [0.3, 0.4) is 0 Å². The second-order valence-electron chi connectivity index (χ2n) is 5.20. The van der Waals surface area contributed by atoms with Gasteiger partial charge in [-0.3, -0.25) is 0 Å². The molecular formula is C15H16F3N3O3. The Bertz CT molecular complexity index is 657. The minimum Gasteiger partial charge on any atom is -0.467 e. The van der Waals surface area contributed by atoms with Crippen LogP contribution in [0.5, 0.6) is 0 Å². The number of aliphatic hydroxyl groups is 1. The van der Waals surface area contributed by atoms with E-state index in [2.05, 4.69) is 15.6 Å². The number of alkyl halides is 3. The Labute approximate surface area is 135 Å². The number of hydrogen-bond donors (Lipinski definition) is 3. The summed E-state index contributed by atoms with van der Waals surface area (Å²) < 4.78 is 42.3. The molecule has 0 spiro atoms. The number of rotatable bonds is 5. The molecule has 9 heteroatoms. The smallest absolute Gasteiger partial charge is 0.433 e. The van der Waals surface area contributed by atoms with Crippen molar-refractivity contribution in [1.29, 1.82) is 0 Å². The summed E-state index contributed by atoms with van der Waals surface area (Å²) in [5.74, 6) is 0.385. The highest BCUT2D eigenvalue weighted by Gasteiger charge is 2.32. The summed E-state index contributed by atoms with van der Waals surface area (Å²) in [6.07, 6.45) is -2.84. The minimum absolute atomic E-state index is 0.124. The number of nitrogens with zero attached hydrogens (tertiary/aromatic N) is 1. The summed E-state index contributed by atoms with van der Waals surface area (Å²) >= 11 is 0. The Morgan fingerprint density at radius 3 is 2.67 bits per heavy atom. The molecule has 0 aliphatic carbocycles. The maximum atomic E-state index is 12.4. The van der Waals surface area contributed by atoms with Crippen LogP contribution < -0.4 is 10.6 Å². The molecule has 0 radical (unpaired) electrons. The van der Waals surface area contributed by atoms with Crippen molar-refractivity contribution in [2.75, 3.05) is 5.32 Å². The third kappa shape index (κ3) is 4.98. The van der Waals surface area contributed by atoms with Gasteiger partial charge in [0.25, 0.3) is 0 Å². The van der Waals surface area contributed by atoms with Crippen molar-refractivity contribution in [2.24, 2.45) is 0 Å². The maximum absolute atomic E-state index is 12.4. The molecule has 0 bridgehead atoms. The van der Waals surface area contributed by atoms with Crippen LogP contribution in [0.4, 0.5) is 23.7 Å². The van der Waals surface area contributed by atoms with Gasteiger partial charge in [-0.15, -0.1) is 0 Å². The van der Waals surface area contributed by atoms with Crippen LogP contribution in [0.15, 0.2) is 41.1 Å². The molecule has 2 amide bonds. The number of aromatic nitrogens is 1. The topological polar surface area (TPSA) is 87.4 Å². The molecule has 0 saturated heterocycles. The van der Waals surface area contributed by atoms with E-state index in [0.29, 0.717) is 5.76 Å². The molecular weight excluding hydrogens is 327 g/mol. The quantitative estimate of drug-likeness (QED) is 0.777. The van der Waals surface area contributed by atoms with Crippen LogP contribution in [0.25, 0.3) is 0 Å². The Kier molecular flexibility index (Phi) is 5.45. The van der Waals surface area contributed by atoms with Crippen molar-refractivity contribution in [3.63, 3.8) is 0 Å². The first-order chi connectivity index (χ1) is 11.3. The molecule has 3 N–H and O–H groups in total.